The molecule has 3 rings (SSSR count). The van der Waals surface area contributed by atoms with Crippen LogP contribution < -0.4 is 10.6 Å². The second kappa shape index (κ2) is 16.0. The topological polar surface area (TPSA) is 97.8 Å². The highest BCUT2D eigenvalue weighted by molar-refractivity contribution is 5.82. The summed E-state index contributed by atoms with van der Waals surface area (Å²) < 4.78 is 0. The highest BCUT2D eigenvalue weighted by Crippen LogP contribution is 2.20. The van der Waals surface area contributed by atoms with Crippen LogP contribution in [0.15, 0.2) is 42.5 Å². The fourth-order valence-corrected chi connectivity index (χ4v) is 4.96. The number of nitrogens with zero attached hydrogens (tertiary/aromatic N) is 3. The molecule has 1 aromatic heterocycles. The molecule has 2 amide bonds. The zero-order valence-corrected chi connectivity index (χ0v) is 23.1. The number of fused-ring (bicyclic) bond motifs is 1. The van der Waals surface area contributed by atoms with Crippen LogP contribution in [0.3, 0.4) is 0 Å². The summed E-state index contributed by atoms with van der Waals surface area (Å²) in [5.74, 6) is 0.0598. The minimum Gasteiger partial charge on any atom is -0.480 e. The molecule has 1 aliphatic heterocycles. The van der Waals surface area contributed by atoms with Crippen LogP contribution in [-0.2, 0) is 24.1 Å². The molecule has 2 heterocycles. The number of nitrogens with one attached hydrogen (secondary N) is 2. The molecule has 3 N–H and O–H groups in total. The number of amides is 2. The minimum absolute atomic E-state index is 0.315. The fourth-order valence-electron chi connectivity index (χ4n) is 4.96. The van der Waals surface area contributed by atoms with E-state index in [1.807, 2.05) is 19.9 Å². The Hall–Kier alpha value is -3.13. The smallest absolute Gasteiger partial charge is 0.326 e. The van der Waals surface area contributed by atoms with Gasteiger partial charge >= 0.3 is 12.0 Å². The zero-order chi connectivity index (χ0) is 27.2. The Morgan fingerprint density at radius 1 is 1.00 bits per heavy atom. The van der Waals surface area contributed by atoms with Crippen LogP contribution in [-0.4, -0.2) is 77.2 Å². The Balaban J connectivity index is 1.52. The number of anilines is 1. The van der Waals surface area contributed by atoms with Gasteiger partial charge in [0, 0.05) is 31.9 Å². The Bertz CT molecular complexity index is 997. The van der Waals surface area contributed by atoms with Crippen LogP contribution in [0.25, 0.3) is 0 Å². The van der Waals surface area contributed by atoms with Gasteiger partial charge in [-0.3, -0.25) is 0 Å². The Labute approximate surface area is 227 Å². The van der Waals surface area contributed by atoms with E-state index in [1.54, 1.807) is 4.90 Å². The summed E-state index contributed by atoms with van der Waals surface area (Å²) in [7, 11) is 0. The number of carbonyl (C=O) groups is 2. The molecule has 1 aromatic carbocycles. The van der Waals surface area contributed by atoms with Gasteiger partial charge in [-0.05, 0) is 95.5 Å². The molecule has 208 valence electrons. The van der Waals surface area contributed by atoms with Gasteiger partial charge in [0.1, 0.15) is 11.9 Å². The van der Waals surface area contributed by atoms with Gasteiger partial charge in [0.2, 0.25) is 0 Å². The number of aliphatic carboxylic acids is 1. The second-order valence-corrected chi connectivity index (χ2v) is 10.0. The number of unbranched alkanes of at least 4 members (excludes halogenated alkanes) is 1. The molecule has 8 heteroatoms. The number of carboxylic acids is 1. The fraction of sp³-hybridized carbons (Fsp3) is 0.567. The van der Waals surface area contributed by atoms with Crippen molar-refractivity contribution in [3.8, 4) is 0 Å². The van der Waals surface area contributed by atoms with Crippen LogP contribution in [0, 0.1) is 0 Å². The summed E-state index contributed by atoms with van der Waals surface area (Å²) in [5, 5.41) is 15.9. The number of carbonyl (C=O) groups excluding carboxylic acids is 1. The van der Waals surface area contributed by atoms with Crippen LogP contribution in [0.1, 0.15) is 62.8 Å². The van der Waals surface area contributed by atoms with E-state index in [4.69, 9.17) is 4.98 Å². The molecule has 0 spiro atoms. The number of pyridine rings is 1. The standard InChI is InChI=1S/C30H45N5O3/c1-3-35(4-2)30(38)33-27(29(36)37)19-23-34(22-11-14-24-12-6-5-7-13-24)21-9-8-16-26-18-17-25-15-10-20-31-28(25)32-26/h5-7,12-13,17-18,27H,3-4,8-11,14-16,19-23H2,1-2H3,(H,31,32)(H,33,38)(H,36,37)/t27-/m0/s1. The van der Waals surface area contributed by atoms with Gasteiger partial charge in [-0.1, -0.05) is 36.4 Å². The monoisotopic (exact) mass is 523 g/mol. The van der Waals surface area contributed by atoms with Gasteiger partial charge in [-0.15, -0.1) is 0 Å². The molecule has 38 heavy (non-hydrogen) atoms. The molecular weight excluding hydrogens is 478 g/mol. The third-order valence-corrected chi connectivity index (χ3v) is 7.27. The SMILES string of the molecule is CCN(CC)C(=O)N[C@@H](CCN(CCCCc1ccc2c(n1)NCCC2)CCCc1ccccc1)C(=O)O. The van der Waals surface area contributed by atoms with Crippen molar-refractivity contribution in [1.29, 1.82) is 0 Å². The molecule has 1 atom stereocenters. The van der Waals surface area contributed by atoms with Crippen molar-refractivity contribution in [3.63, 3.8) is 0 Å². The first-order valence-corrected chi connectivity index (χ1v) is 14.3. The van der Waals surface area contributed by atoms with Gasteiger partial charge in [0.05, 0.1) is 0 Å². The molecule has 0 fully saturated rings. The summed E-state index contributed by atoms with van der Waals surface area (Å²) in [4.78, 5) is 33.1. The van der Waals surface area contributed by atoms with E-state index in [0.717, 1.165) is 76.1 Å². The van der Waals surface area contributed by atoms with E-state index < -0.39 is 12.0 Å². The van der Waals surface area contributed by atoms with E-state index in [9.17, 15) is 14.7 Å². The first-order chi connectivity index (χ1) is 18.5. The molecular formula is C30H45N5O3. The first kappa shape index (κ1) is 29.4. The molecule has 0 radical (unpaired) electrons. The number of benzene rings is 1. The normalized spacial score (nSPS) is 13.4. The third kappa shape index (κ3) is 9.63. The molecule has 0 unspecified atom stereocenters. The van der Waals surface area contributed by atoms with Gasteiger partial charge in [0.15, 0.2) is 0 Å². The number of aromatic nitrogens is 1. The van der Waals surface area contributed by atoms with Crippen molar-refractivity contribution in [2.45, 2.75) is 71.3 Å². The van der Waals surface area contributed by atoms with Crippen molar-refractivity contribution in [3.05, 3.63) is 59.3 Å². The predicted molar refractivity (Wildman–Crippen MR) is 153 cm³/mol. The van der Waals surface area contributed by atoms with Gasteiger partial charge in [-0.25, -0.2) is 14.6 Å². The average molecular weight is 524 g/mol. The minimum atomic E-state index is -0.984. The first-order valence-electron chi connectivity index (χ1n) is 14.3. The van der Waals surface area contributed by atoms with E-state index >= 15 is 0 Å². The van der Waals surface area contributed by atoms with Crippen LogP contribution >= 0.6 is 0 Å². The van der Waals surface area contributed by atoms with E-state index in [2.05, 4.69) is 51.9 Å². The number of hydrogen-bond acceptors (Lipinski definition) is 5. The molecule has 2 aromatic rings. The predicted octanol–water partition coefficient (Wildman–Crippen LogP) is 4.59. The highest BCUT2D eigenvalue weighted by atomic mass is 16.4. The van der Waals surface area contributed by atoms with Crippen molar-refractivity contribution >= 4 is 17.8 Å². The van der Waals surface area contributed by atoms with Crippen LogP contribution in [0.2, 0.25) is 0 Å². The number of hydrogen-bond donors (Lipinski definition) is 3. The zero-order valence-electron chi connectivity index (χ0n) is 23.1. The van der Waals surface area contributed by atoms with Crippen LogP contribution in [0.4, 0.5) is 10.6 Å². The number of urea groups is 1. The number of aryl methyl sites for hydroxylation is 3. The molecule has 0 aliphatic carbocycles. The average Bonchev–Trinajstić information content (AvgIpc) is 2.93. The lowest BCUT2D eigenvalue weighted by molar-refractivity contribution is -0.139. The van der Waals surface area contributed by atoms with Crippen molar-refractivity contribution in [2.75, 3.05) is 44.6 Å². The quantitative estimate of drug-likeness (QED) is 0.279. The summed E-state index contributed by atoms with van der Waals surface area (Å²) in [6, 6.07) is 13.6. The maximum atomic E-state index is 12.5. The summed E-state index contributed by atoms with van der Waals surface area (Å²) in [6.45, 7) is 8.30. The van der Waals surface area contributed by atoms with E-state index in [-0.39, 0.29) is 6.03 Å². The second-order valence-electron chi connectivity index (χ2n) is 10.0. The van der Waals surface area contributed by atoms with E-state index in [1.165, 1.54) is 11.1 Å². The van der Waals surface area contributed by atoms with Gasteiger partial charge < -0.3 is 25.5 Å². The van der Waals surface area contributed by atoms with Gasteiger partial charge in [0.25, 0.3) is 0 Å². The largest absolute Gasteiger partial charge is 0.480 e. The van der Waals surface area contributed by atoms with Gasteiger partial charge in [-0.2, -0.15) is 0 Å². The molecule has 0 saturated carbocycles. The molecule has 0 saturated heterocycles. The summed E-state index contributed by atoms with van der Waals surface area (Å²) in [5.41, 5.74) is 3.75. The maximum absolute atomic E-state index is 12.5. The van der Waals surface area contributed by atoms with Crippen molar-refractivity contribution < 1.29 is 14.7 Å². The lowest BCUT2D eigenvalue weighted by Crippen LogP contribution is -2.49. The Kier molecular flexibility index (Phi) is 12.4. The molecule has 8 nitrogen and oxygen atoms in total. The lowest BCUT2D eigenvalue weighted by Gasteiger charge is -2.26. The summed E-state index contributed by atoms with van der Waals surface area (Å²) in [6.07, 6.45) is 7.62. The lowest BCUT2D eigenvalue weighted by atomic mass is 10.1. The third-order valence-electron chi connectivity index (χ3n) is 7.27. The number of rotatable bonds is 16. The molecule has 1 aliphatic rings. The van der Waals surface area contributed by atoms with Crippen molar-refractivity contribution in [2.24, 2.45) is 0 Å². The Morgan fingerprint density at radius 3 is 2.50 bits per heavy atom. The number of carboxylic acid groups (broad SMARTS) is 1. The summed E-state index contributed by atoms with van der Waals surface area (Å²) >= 11 is 0. The molecule has 0 bridgehead atoms. The van der Waals surface area contributed by atoms with E-state index in [0.29, 0.717) is 26.1 Å². The Morgan fingerprint density at radius 2 is 1.76 bits per heavy atom. The highest BCUT2D eigenvalue weighted by Gasteiger charge is 2.23. The van der Waals surface area contributed by atoms with Crippen LogP contribution in [0.5, 0.6) is 0 Å². The van der Waals surface area contributed by atoms with Crippen molar-refractivity contribution in [1.82, 2.24) is 20.1 Å². The maximum Gasteiger partial charge on any atom is 0.326 e.